The molecule has 104 valence electrons. The van der Waals surface area contributed by atoms with Crippen molar-refractivity contribution >= 4 is 17.7 Å². The SMILES string of the molecule is CCc1cn[nH]c1NC(=O)[C@H]1CC(C)C[C@H]1C(=O)O. The minimum Gasteiger partial charge on any atom is -0.481 e. The van der Waals surface area contributed by atoms with Gasteiger partial charge in [-0.05, 0) is 25.2 Å². The predicted molar refractivity (Wildman–Crippen MR) is 69.6 cm³/mol. The van der Waals surface area contributed by atoms with Crippen LogP contribution in [0.4, 0.5) is 5.82 Å². The lowest BCUT2D eigenvalue weighted by Gasteiger charge is -2.15. The van der Waals surface area contributed by atoms with Gasteiger partial charge in [-0.25, -0.2) is 0 Å². The van der Waals surface area contributed by atoms with E-state index in [1.807, 2.05) is 13.8 Å². The number of aliphatic carboxylic acids is 1. The van der Waals surface area contributed by atoms with Crippen LogP contribution in [-0.2, 0) is 16.0 Å². The number of carboxylic acid groups (broad SMARTS) is 1. The molecule has 6 heteroatoms. The number of aryl methyl sites for hydroxylation is 1. The Bertz CT molecular complexity index is 483. The van der Waals surface area contributed by atoms with Gasteiger partial charge in [-0.15, -0.1) is 0 Å². The predicted octanol–water partition coefficient (Wildman–Crippen LogP) is 1.66. The van der Waals surface area contributed by atoms with Crippen LogP contribution >= 0.6 is 0 Å². The number of nitrogens with zero attached hydrogens (tertiary/aromatic N) is 1. The highest BCUT2D eigenvalue weighted by Gasteiger charge is 2.41. The standard InChI is InChI=1S/C13H19N3O3/c1-3-8-6-14-16-11(8)15-12(17)9-4-7(2)5-10(9)13(18)19/h6-7,9-10H,3-5H2,1-2H3,(H,18,19)(H2,14,15,16,17)/t7?,9-,10+/m0/s1. The van der Waals surface area contributed by atoms with E-state index in [2.05, 4.69) is 15.5 Å². The Morgan fingerprint density at radius 2 is 2.16 bits per heavy atom. The molecule has 1 heterocycles. The van der Waals surface area contributed by atoms with Crippen LogP contribution in [0.2, 0.25) is 0 Å². The average molecular weight is 265 g/mol. The lowest BCUT2D eigenvalue weighted by atomic mass is 9.95. The number of anilines is 1. The van der Waals surface area contributed by atoms with Gasteiger partial charge in [0.05, 0.1) is 18.0 Å². The van der Waals surface area contributed by atoms with Gasteiger partial charge in [0.15, 0.2) is 0 Å². The van der Waals surface area contributed by atoms with Gasteiger partial charge in [0, 0.05) is 5.56 Å². The van der Waals surface area contributed by atoms with E-state index < -0.39 is 17.8 Å². The molecular formula is C13H19N3O3. The van der Waals surface area contributed by atoms with Gasteiger partial charge in [0.2, 0.25) is 5.91 Å². The van der Waals surface area contributed by atoms with E-state index in [-0.39, 0.29) is 11.8 Å². The molecular weight excluding hydrogens is 246 g/mol. The number of nitrogens with one attached hydrogen (secondary N) is 2. The lowest BCUT2D eigenvalue weighted by Crippen LogP contribution is -2.30. The Labute approximate surface area is 111 Å². The second-order valence-electron chi connectivity index (χ2n) is 5.24. The van der Waals surface area contributed by atoms with Crippen molar-refractivity contribution in [1.82, 2.24) is 10.2 Å². The van der Waals surface area contributed by atoms with Crippen molar-refractivity contribution in [1.29, 1.82) is 0 Å². The number of carbonyl (C=O) groups is 2. The summed E-state index contributed by atoms with van der Waals surface area (Å²) in [5.74, 6) is -1.30. The summed E-state index contributed by atoms with van der Waals surface area (Å²) in [5, 5.41) is 18.6. The molecule has 3 atom stereocenters. The molecule has 1 saturated carbocycles. The van der Waals surface area contributed by atoms with Crippen molar-refractivity contribution < 1.29 is 14.7 Å². The zero-order valence-electron chi connectivity index (χ0n) is 11.1. The van der Waals surface area contributed by atoms with Crippen LogP contribution in [0, 0.1) is 17.8 Å². The van der Waals surface area contributed by atoms with E-state index in [0.717, 1.165) is 12.0 Å². The fourth-order valence-electron chi connectivity index (χ4n) is 2.76. The quantitative estimate of drug-likeness (QED) is 0.771. The van der Waals surface area contributed by atoms with E-state index in [1.54, 1.807) is 6.20 Å². The van der Waals surface area contributed by atoms with E-state index >= 15 is 0 Å². The van der Waals surface area contributed by atoms with Crippen LogP contribution in [0.15, 0.2) is 6.20 Å². The normalized spacial score (nSPS) is 26.3. The second-order valence-corrected chi connectivity index (χ2v) is 5.24. The van der Waals surface area contributed by atoms with Crippen molar-refractivity contribution in [3.8, 4) is 0 Å². The van der Waals surface area contributed by atoms with Crippen LogP contribution < -0.4 is 5.32 Å². The summed E-state index contributed by atoms with van der Waals surface area (Å²) in [7, 11) is 0. The maximum absolute atomic E-state index is 12.2. The lowest BCUT2D eigenvalue weighted by molar-refractivity contribution is -0.145. The minimum atomic E-state index is -0.884. The third kappa shape index (κ3) is 2.77. The molecule has 1 aromatic rings. The summed E-state index contributed by atoms with van der Waals surface area (Å²) < 4.78 is 0. The van der Waals surface area contributed by atoms with Crippen molar-refractivity contribution in [2.75, 3.05) is 5.32 Å². The molecule has 1 aliphatic carbocycles. The molecule has 19 heavy (non-hydrogen) atoms. The van der Waals surface area contributed by atoms with Crippen LogP contribution in [0.5, 0.6) is 0 Å². The highest BCUT2D eigenvalue weighted by Crippen LogP contribution is 2.37. The summed E-state index contributed by atoms with van der Waals surface area (Å²) in [6, 6.07) is 0. The van der Waals surface area contributed by atoms with Crippen molar-refractivity contribution in [3.05, 3.63) is 11.8 Å². The molecule has 3 N–H and O–H groups in total. The molecule has 0 saturated heterocycles. The van der Waals surface area contributed by atoms with Crippen LogP contribution in [-0.4, -0.2) is 27.2 Å². The number of carboxylic acids is 1. The number of aromatic amines is 1. The summed E-state index contributed by atoms with van der Waals surface area (Å²) in [6.07, 6.45) is 3.62. The first-order valence-corrected chi connectivity index (χ1v) is 6.58. The molecule has 1 amide bonds. The van der Waals surface area contributed by atoms with Gasteiger partial charge in [0.25, 0.3) is 0 Å². The number of hydrogen-bond acceptors (Lipinski definition) is 3. The second kappa shape index (κ2) is 5.42. The first-order valence-electron chi connectivity index (χ1n) is 6.58. The summed E-state index contributed by atoms with van der Waals surface area (Å²) in [5.41, 5.74) is 0.922. The zero-order chi connectivity index (χ0) is 14.0. The van der Waals surface area contributed by atoms with Crippen molar-refractivity contribution in [2.45, 2.75) is 33.1 Å². The molecule has 0 spiro atoms. The molecule has 2 rings (SSSR count). The zero-order valence-corrected chi connectivity index (χ0v) is 11.1. The first kappa shape index (κ1) is 13.6. The van der Waals surface area contributed by atoms with E-state index in [0.29, 0.717) is 18.7 Å². The summed E-state index contributed by atoms with van der Waals surface area (Å²) in [4.78, 5) is 23.4. The Kier molecular flexibility index (Phi) is 3.87. The Balaban J connectivity index is 2.09. The average Bonchev–Trinajstić information content (AvgIpc) is 2.95. The highest BCUT2D eigenvalue weighted by molar-refractivity contribution is 5.95. The van der Waals surface area contributed by atoms with Gasteiger partial charge in [-0.3, -0.25) is 14.7 Å². The maximum Gasteiger partial charge on any atom is 0.307 e. The Morgan fingerprint density at radius 3 is 2.79 bits per heavy atom. The number of aromatic nitrogens is 2. The van der Waals surface area contributed by atoms with Gasteiger partial charge in [0.1, 0.15) is 5.82 Å². The number of hydrogen-bond donors (Lipinski definition) is 3. The van der Waals surface area contributed by atoms with Crippen molar-refractivity contribution in [2.24, 2.45) is 17.8 Å². The molecule has 6 nitrogen and oxygen atoms in total. The third-order valence-electron chi connectivity index (χ3n) is 3.80. The van der Waals surface area contributed by atoms with Gasteiger partial charge < -0.3 is 10.4 Å². The number of amides is 1. The number of H-pyrrole nitrogens is 1. The molecule has 0 aromatic carbocycles. The molecule has 1 aliphatic rings. The third-order valence-corrected chi connectivity index (χ3v) is 3.80. The van der Waals surface area contributed by atoms with E-state index in [4.69, 9.17) is 0 Å². The minimum absolute atomic E-state index is 0.226. The molecule has 1 unspecified atom stereocenters. The number of rotatable bonds is 4. The van der Waals surface area contributed by atoms with E-state index in [9.17, 15) is 14.7 Å². The molecule has 0 bridgehead atoms. The van der Waals surface area contributed by atoms with Gasteiger partial charge in [-0.1, -0.05) is 13.8 Å². The Morgan fingerprint density at radius 1 is 1.47 bits per heavy atom. The molecule has 0 radical (unpaired) electrons. The maximum atomic E-state index is 12.2. The smallest absolute Gasteiger partial charge is 0.307 e. The van der Waals surface area contributed by atoms with Crippen LogP contribution in [0.1, 0.15) is 32.3 Å². The summed E-state index contributed by atoms with van der Waals surface area (Å²) >= 11 is 0. The summed E-state index contributed by atoms with van der Waals surface area (Å²) in [6.45, 7) is 3.95. The van der Waals surface area contributed by atoms with E-state index in [1.165, 1.54) is 0 Å². The number of carbonyl (C=O) groups excluding carboxylic acids is 1. The highest BCUT2D eigenvalue weighted by atomic mass is 16.4. The van der Waals surface area contributed by atoms with Crippen LogP contribution in [0.25, 0.3) is 0 Å². The topological polar surface area (TPSA) is 95.1 Å². The molecule has 0 aliphatic heterocycles. The fourth-order valence-corrected chi connectivity index (χ4v) is 2.76. The van der Waals surface area contributed by atoms with Crippen molar-refractivity contribution in [3.63, 3.8) is 0 Å². The largest absolute Gasteiger partial charge is 0.481 e. The van der Waals surface area contributed by atoms with Crippen LogP contribution in [0.3, 0.4) is 0 Å². The first-order chi connectivity index (χ1) is 9.02. The molecule has 1 fully saturated rings. The fraction of sp³-hybridized carbons (Fsp3) is 0.615. The van der Waals surface area contributed by atoms with Gasteiger partial charge >= 0.3 is 5.97 Å². The monoisotopic (exact) mass is 265 g/mol. The molecule has 1 aromatic heterocycles. The van der Waals surface area contributed by atoms with Gasteiger partial charge in [-0.2, -0.15) is 5.10 Å². The Hall–Kier alpha value is -1.85.